The molecule has 1 atom stereocenters. The molecule has 0 aliphatic carbocycles. The van der Waals surface area contributed by atoms with Gasteiger partial charge in [-0.15, -0.1) is 0 Å². The Kier molecular flexibility index (Phi) is 1.81. The fourth-order valence-corrected chi connectivity index (χ4v) is 1.38. The Hall–Kier alpha value is -0.960. The van der Waals surface area contributed by atoms with Crippen molar-refractivity contribution in [3.63, 3.8) is 0 Å². The van der Waals surface area contributed by atoms with Crippen molar-refractivity contribution in [3.05, 3.63) is 35.4 Å². The van der Waals surface area contributed by atoms with Crippen LogP contribution in [0.3, 0.4) is 0 Å². The van der Waals surface area contributed by atoms with Gasteiger partial charge in [0.15, 0.2) is 0 Å². The molecule has 0 aromatic heterocycles. The van der Waals surface area contributed by atoms with Gasteiger partial charge in [0, 0.05) is 11.6 Å². The van der Waals surface area contributed by atoms with Gasteiger partial charge < -0.3 is 5.32 Å². The molecule has 0 radical (unpaired) electrons. The second kappa shape index (κ2) is 2.83. The smallest absolute Gasteiger partial charge is 0.130 e. The van der Waals surface area contributed by atoms with E-state index in [0.29, 0.717) is 0 Å². The van der Waals surface area contributed by atoms with Gasteiger partial charge in [0.25, 0.3) is 0 Å². The average molecular weight is 169 g/mol. The van der Waals surface area contributed by atoms with E-state index >= 15 is 0 Å². The first-order valence-electron chi connectivity index (χ1n) is 3.96. The van der Waals surface area contributed by atoms with Crippen LogP contribution in [0.25, 0.3) is 0 Å². The van der Waals surface area contributed by atoms with Crippen LogP contribution < -0.4 is 5.32 Å². The summed E-state index contributed by atoms with van der Waals surface area (Å²) in [5, 5.41) is 2.96. The van der Waals surface area contributed by atoms with Crippen molar-refractivity contribution in [2.75, 3.05) is 6.54 Å². The summed E-state index contributed by atoms with van der Waals surface area (Å²) in [6, 6.07) is 3.84. The van der Waals surface area contributed by atoms with E-state index in [0.717, 1.165) is 13.0 Å². The number of halogens is 2. The maximum Gasteiger partial charge on any atom is 0.130 e. The SMILES string of the molecule is Fc1cccc(F)c1[C@H]1CCN1. The van der Waals surface area contributed by atoms with Gasteiger partial charge in [-0.1, -0.05) is 6.07 Å². The molecule has 3 heteroatoms. The molecule has 64 valence electrons. The summed E-state index contributed by atoms with van der Waals surface area (Å²) in [5.74, 6) is -0.903. The number of hydrogen-bond donors (Lipinski definition) is 1. The van der Waals surface area contributed by atoms with Crippen LogP contribution >= 0.6 is 0 Å². The van der Waals surface area contributed by atoms with Crippen LogP contribution in [0.2, 0.25) is 0 Å². The quantitative estimate of drug-likeness (QED) is 0.678. The van der Waals surface area contributed by atoms with E-state index in [9.17, 15) is 8.78 Å². The van der Waals surface area contributed by atoms with Crippen LogP contribution in [-0.2, 0) is 0 Å². The molecule has 1 N–H and O–H groups in total. The van der Waals surface area contributed by atoms with Gasteiger partial charge in [0.05, 0.1) is 0 Å². The van der Waals surface area contributed by atoms with Gasteiger partial charge in [-0.3, -0.25) is 0 Å². The van der Waals surface area contributed by atoms with Crippen molar-refractivity contribution in [3.8, 4) is 0 Å². The second-order valence-electron chi connectivity index (χ2n) is 2.93. The Balaban J connectivity index is 2.39. The number of benzene rings is 1. The minimum atomic E-state index is -0.452. The van der Waals surface area contributed by atoms with Crippen molar-refractivity contribution in [2.45, 2.75) is 12.5 Å². The maximum atomic E-state index is 13.0. The fourth-order valence-electron chi connectivity index (χ4n) is 1.38. The van der Waals surface area contributed by atoms with E-state index in [-0.39, 0.29) is 11.6 Å². The lowest BCUT2D eigenvalue weighted by molar-refractivity contribution is 0.356. The summed E-state index contributed by atoms with van der Waals surface area (Å²) in [5.41, 5.74) is 0.184. The van der Waals surface area contributed by atoms with Crippen molar-refractivity contribution in [1.82, 2.24) is 5.32 Å². The highest BCUT2D eigenvalue weighted by molar-refractivity contribution is 5.24. The Morgan fingerprint density at radius 2 is 1.83 bits per heavy atom. The van der Waals surface area contributed by atoms with E-state index in [1.165, 1.54) is 18.2 Å². The van der Waals surface area contributed by atoms with Crippen molar-refractivity contribution in [2.24, 2.45) is 0 Å². The molecular weight excluding hydrogens is 160 g/mol. The van der Waals surface area contributed by atoms with Gasteiger partial charge in [-0.25, -0.2) is 8.78 Å². The van der Waals surface area contributed by atoms with Crippen molar-refractivity contribution in [1.29, 1.82) is 0 Å². The molecule has 1 aliphatic heterocycles. The lowest BCUT2D eigenvalue weighted by atomic mass is 9.97. The molecular formula is C9H9F2N. The van der Waals surface area contributed by atoms with Crippen LogP contribution in [0.4, 0.5) is 8.78 Å². The van der Waals surface area contributed by atoms with E-state index in [1.54, 1.807) is 0 Å². The molecule has 1 aliphatic rings. The Morgan fingerprint density at radius 3 is 2.25 bits per heavy atom. The zero-order valence-corrected chi connectivity index (χ0v) is 6.48. The largest absolute Gasteiger partial charge is 0.310 e. The molecule has 1 nitrogen and oxygen atoms in total. The third kappa shape index (κ3) is 1.10. The van der Waals surface area contributed by atoms with Crippen LogP contribution in [0, 0.1) is 11.6 Å². The normalized spacial score (nSPS) is 22.0. The minimum Gasteiger partial charge on any atom is -0.310 e. The maximum absolute atomic E-state index is 13.0. The average Bonchev–Trinajstić information content (AvgIpc) is 1.93. The number of hydrogen-bond acceptors (Lipinski definition) is 1. The van der Waals surface area contributed by atoms with E-state index in [2.05, 4.69) is 5.32 Å². The highest BCUT2D eigenvalue weighted by Gasteiger charge is 2.24. The van der Waals surface area contributed by atoms with E-state index in [4.69, 9.17) is 0 Å². The van der Waals surface area contributed by atoms with Gasteiger partial charge >= 0.3 is 0 Å². The third-order valence-corrected chi connectivity index (χ3v) is 2.17. The number of rotatable bonds is 1. The van der Waals surface area contributed by atoms with Gasteiger partial charge in [-0.05, 0) is 25.1 Å². The second-order valence-corrected chi connectivity index (χ2v) is 2.93. The number of nitrogens with one attached hydrogen (secondary N) is 1. The predicted octanol–water partition coefficient (Wildman–Crippen LogP) is 2.00. The summed E-state index contributed by atoms with van der Waals surface area (Å²) in [6.45, 7) is 0.846. The summed E-state index contributed by atoms with van der Waals surface area (Å²) >= 11 is 0. The molecule has 1 saturated heterocycles. The summed E-state index contributed by atoms with van der Waals surface area (Å²) in [6.07, 6.45) is 0.817. The van der Waals surface area contributed by atoms with E-state index in [1.807, 2.05) is 0 Å². The molecule has 1 aromatic rings. The van der Waals surface area contributed by atoms with Gasteiger partial charge in [0.1, 0.15) is 11.6 Å². The van der Waals surface area contributed by atoms with Crippen molar-refractivity contribution < 1.29 is 8.78 Å². The third-order valence-electron chi connectivity index (χ3n) is 2.17. The molecule has 2 rings (SSSR count). The minimum absolute atomic E-state index is 0.119. The lowest BCUT2D eigenvalue weighted by Crippen LogP contribution is -2.36. The van der Waals surface area contributed by atoms with Gasteiger partial charge in [0.2, 0.25) is 0 Å². The highest BCUT2D eigenvalue weighted by atomic mass is 19.1. The molecule has 1 fully saturated rings. The monoisotopic (exact) mass is 169 g/mol. The zero-order chi connectivity index (χ0) is 8.55. The van der Waals surface area contributed by atoms with Crippen LogP contribution in [0.15, 0.2) is 18.2 Å². The molecule has 1 heterocycles. The lowest BCUT2D eigenvalue weighted by Gasteiger charge is -2.28. The predicted molar refractivity (Wildman–Crippen MR) is 41.7 cm³/mol. The summed E-state index contributed by atoms with van der Waals surface area (Å²) in [7, 11) is 0. The van der Waals surface area contributed by atoms with Crippen LogP contribution in [0.1, 0.15) is 18.0 Å². The molecule has 0 amide bonds. The van der Waals surface area contributed by atoms with E-state index < -0.39 is 11.6 Å². The molecule has 12 heavy (non-hydrogen) atoms. The molecule has 0 saturated carbocycles. The topological polar surface area (TPSA) is 12.0 Å². The van der Waals surface area contributed by atoms with Crippen LogP contribution in [-0.4, -0.2) is 6.54 Å². The Morgan fingerprint density at radius 1 is 1.25 bits per heavy atom. The fraction of sp³-hybridized carbons (Fsp3) is 0.333. The first kappa shape index (κ1) is 7.68. The molecule has 0 unspecified atom stereocenters. The summed E-state index contributed by atoms with van der Waals surface area (Å²) < 4.78 is 26.1. The summed E-state index contributed by atoms with van der Waals surface area (Å²) in [4.78, 5) is 0. The Labute approximate surface area is 69.4 Å². The molecule has 1 aromatic carbocycles. The zero-order valence-electron chi connectivity index (χ0n) is 6.48. The first-order valence-corrected chi connectivity index (χ1v) is 3.96. The molecule has 0 spiro atoms. The van der Waals surface area contributed by atoms with Crippen molar-refractivity contribution >= 4 is 0 Å². The Bertz CT molecular complexity index is 274. The first-order chi connectivity index (χ1) is 5.79. The van der Waals surface area contributed by atoms with Gasteiger partial charge in [-0.2, -0.15) is 0 Å². The standard InChI is InChI=1S/C9H9F2N/c10-6-2-1-3-7(11)9(6)8-4-5-12-8/h1-3,8,12H,4-5H2/t8-/m1/s1. The van der Waals surface area contributed by atoms with Crippen LogP contribution in [0.5, 0.6) is 0 Å². The molecule has 0 bridgehead atoms. The highest BCUT2D eigenvalue weighted by Crippen LogP contribution is 2.27.